The Hall–Kier alpha value is -1.92. The van der Waals surface area contributed by atoms with E-state index in [1.54, 1.807) is 6.92 Å². The molecule has 4 nitrogen and oxygen atoms in total. The van der Waals surface area contributed by atoms with E-state index in [2.05, 4.69) is 9.93 Å². The zero-order valence-electron chi connectivity index (χ0n) is 11.0. The van der Waals surface area contributed by atoms with Gasteiger partial charge in [0.15, 0.2) is 0 Å². The van der Waals surface area contributed by atoms with Crippen molar-refractivity contribution in [2.45, 2.75) is 11.8 Å². The Kier molecular flexibility index (Phi) is 4.59. The van der Waals surface area contributed by atoms with Gasteiger partial charge in [-0.3, -0.25) is 0 Å². The highest BCUT2D eigenvalue weighted by Gasteiger charge is 2.12. The number of hydrogen-bond acceptors (Lipinski definition) is 3. The van der Waals surface area contributed by atoms with Crippen molar-refractivity contribution in [1.29, 1.82) is 0 Å². The smallest absolute Gasteiger partial charge is 0.207 e. The normalized spacial score (nSPS) is 12.2. The monoisotopic (exact) mass is 326 g/mol. The van der Waals surface area contributed by atoms with E-state index in [1.165, 1.54) is 48.5 Å². The number of nitrogens with one attached hydrogen (secondary N) is 1. The van der Waals surface area contributed by atoms with Gasteiger partial charge in [0.2, 0.25) is 0 Å². The van der Waals surface area contributed by atoms with Crippen LogP contribution in [0.25, 0.3) is 0 Å². The van der Waals surface area contributed by atoms with E-state index in [1.807, 2.05) is 0 Å². The van der Waals surface area contributed by atoms with Gasteiger partial charge < -0.3 is 0 Å². The topological polar surface area (TPSA) is 58.5 Å². The molecule has 0 bridgehead atoms. The van der Waals surface area contributed by atoms with Gasteiger partial charge >= 0.3 is 0 Å². The van der Waals surface area contributed by atoms with Crippen LogP contribution >= 0.6 is 11.6 Å². The minimum absolute atomic E-state index is 0.0579. The second kappa shape index (κ2) is 6.24. The molecule has 7 heteroatoms. The van der Waals surface area contributed by atoms with E-state index in [0.717, 1.165) is 0 Å². The Balaban J connectivity index is 2.18. The summed E-state index contributed by atoms with van der Waals surface area (Å²) in [5, 5.41) is 4.26. The highest BCUT2D eigenvalue weighted by Crippen LogP contribution is 2.14. The summed E-state index contributed by atoms with van der Waals surface area (Å²) in [6.45, 7) is 1.62. The van der Waals surface area contributed by atoms with Crippen molar-refractivity contribution in [3.63, 3.8) is 0 Å². The van der Waals surface area contributed by atoms with Crippen molar-refractivity contribution in [2.75, 3.05) is 0 Å². The van der Waals surface area contributed by atoms with Crippen molar-refractivity contribution < 1.29 is 12.8 Å². The summed E-state index contributed by atoms with van der Waals surface area (Å²) < 4.78 is 36.8. The molecule has 0 unspecified atom stereocenters. The maximum Gasteiger partial charge on any atom is 0.276 e. The van der Waals surface area contributed by atoms with Crippen LogP contribution in [0.5, 0.6) is 0 Å². The zero-order valence-corrected chi connectivity index (χ0v) is 12.6. The molecule has 2 rings (SSSR count). The van der Waals surface area contributed by atoms with Crippen molar-refractivity contribution in [2.24, 2.45) is 5.10 Å². The summed E-state index contributed by atoms with van der Waals surface area (Å²) in [7, 11) is -3.76. The maximum absolute atomic E-state index is 12.8. The molecule has 0 spiro atoms. The molecule has 2 aromatic rings. The van der Waals surface area contributed by atoms with Gasteiger partial charge in [0.05, 0.1) is 10.6 Å². The maximum atomic E-state index is 12.8. The van der Waals surface area contributed by atoms with Gasteiger partial charge in [0.1, 0.15) is 5.82 Å². The molecule has 0 aromatic heterocycles. The second-order valence-electron chi connectivity index (χ2n) is 4.25. The van der Waals surface area contributed by atoms with E-state index in [4.69, 9.17) is 11.6 Å². The minimum atomic E-state index is -3.76. The Labute approximate surface area is 127 Å². The first-order valence-corrected chi connectivity index (χ1v) is 7.82. The highest BCUT2D eigenvalue weighted by molar-refractivity contribution is 7.89. The van der Waals surface area contributed by atoms with Crippen LogP contribution in [0.4, 0.5) is 4.39 Å². The second-order valence-corrected chi connectivity index (χ2v) is 6.35. The average molecular weight is 327 g/mol. The lowest BCUT2D eigenvalue weighted by Crippen LogP contribution is -2.19. The number of hydrogen-bond donors (Lipinski definition) is 1. The molecule has 0 aliphatic heterocycles. The minimum Gasteiger partial charge on any atom is -0.207 e. The molecule has 0 amide bonds. The summed E-state index contributed by atoms with van der Waals surface area (Å²) in [5.41, 5.74) is 1.04. The summed E-state index contributed by atoms with van der Waals surface area (Å²) >= 11 is 5.71. The number of sulfonamides is 1. The standard InChI is InChI=1S/C14H12ClFN2O2S/c1-10(11-2-6-13(16)7-3-11)17-18-21(19,20)14-8-4-12(15)5-9-14/h2-9,18H,1H3/b17-10-. The van der Waals surface area contributed by atoms with E-state index in [0.29, 0.717) is 16.3 Å². The largest absolute Gasteiger partial charge is 0.276 e. The first-order chi connectivity index (χ1) is 9.88. The Morgan fingerprint density at radius 3 is 2.24 bits per heavy atom. The molecule has 110 valence electrons. The van der Waals surface area contributed by atoms with E-state index >= 15 is 0 Å². The molecule has 21 heavy (non-hydrogen) atoms. The van der Waals surface area contributed by atoms with E-state index < -0.39 is 10.0 Å². The van der Waals surface area contributed by atoms with E-state index in [9.17, 15) is 12.8 Å². The summed E-state index contributed by atoms with van der Waals surface area (Å²) in [5.74, 6) is -0.367. The summed E-state index contributed by atoms with van der Waals surface area (Å²) in [6.07, 6.45) is 0. The van der Waals surface area contributed by atoms with Gasteiger partial charge in [-0.25, -0.2) is 4.39 Å². The fourth-order valence-corrected chi connectivity index (χ4v) is 2.53. The first-order valence-electron chi connectivity index (χ1n) is 5.96. The number of benzene rings is 2. The summed E-state index contributed by atoms with van der Waals surface area (Å²) in [6, 6.07) is 11.3. The van der Waals surface area contributed by atoms with Crippen LogP contribution in [0, 0.1) is 5.82 Å². The number of hydrazone groups is 1. The van der Waals surface area contributed by atoms with Crippen LogP contribution < -0.4 is 4.83 Å². The molecular weight excluding hydrogens is 315 g/mol. The van der Waals surface area contributed by atoms with Gasteiger partial charge in [-0.15, -0.1) is 0 Å². The zero-order chi connectivity index (χ0) is 15.5. The Bertz CT molecular complexity index is 757. The predicted molar refractivity (Wildman–Crippen MR) is 80.4 cm³/mol. The summed E-state index contributed by atoms with van der Waals surface area (Å²) in [4.78, 5) is 2.19. The number of rotatable bonds is 4. The lowest BCUT2D eigenvalue weighted by molar-refractivity contribution is 0.584. The Morgan fingerprint density at radius 1 is 1.10 bits per heavy atom. The average Bonchev–Trinajstić information content (AvgIpc) is 2.46. The third-order valence-corrected chi connectivity index (χ3v) is 4.20. The fraction of sp³-hybridized carbons (Fsp3) is 0.0714. The predicted octanol–water partition coefficient (Wildman–Crippen LogP) is 3.18. The third-order valence-electron chi connectivity index (χ3n) is 2.72. The molecular formula is C14H12ClFN2O2S. The first kappa shape index (κ1) is 15.5. The molecule has 0 saturated heterocycles. The van der Waals surface area contributed by atoms with Gasteiger partial charge in [-0.1, -0.05) is 23.7 Å². The quantitative estimate of drug-likeness (QED) is 0.693. The lowest BCUT2D eigenvalue weighted by atomic mass is 10.1. The van der Waals surface area contributed by atoms with Crippen molar-refractivity contribution in [3.8, 4) is 0 Å². The van der Waals surface area contributed by atoms with Crippen molar-refractivity contribution in [3.05, 3.63) is 64.9 Å². The SMILES string of the molecule is C/C(=N/NS(=O)(=O)c1ccc(Cl)cc1)c1ccc(F)cc1. The lowest BCUT2D eigenvalue weighted by Gasteiger charge is -2.05. The molecule has 0 atom stereocenters. The van der Waals surface area contributed by atoms with Crippen LogP contribution in [0.3, 0.4) is 0 Å². The van der Waals surface area contributed by atoms with Crippen molar-refractivity contribution >= 4 is 27.3 Å². The van der Waals surface area contributed by atoms with Gasteiger partial charge in [0.25, 0.3) is 10.0 Å². The van der Waals surface area contributed by atoms with Crippen LogP contribution in [0.15, 0.2) is 58.5 Å². The molecule has 0 aliphatic carbocycles. The molecule has 0 radical (unpaired) electrons. The molecule has 1 N–H and O–H groups in total. The highest BCUT2D eigenvalue weighted by atomic mass is 35.5. The van der Waals surface area contributed by atoms with Gasteiger partial charge in [0, 0.05) is 5.02 Å². The van der Waals surface area contributed by atoms with Crippen LogP contribution in [0.2, 0.25) is 5.02 Å². The van der Waals surface area contributed by atoms with Crippen LogP contribution in [-0.4, -0.2) is 14.1 Å². The number of halogens is 2. The Morgan fingerprint density at radius 2 is 1.67 bits per heavy atom. The number of nitrogens with zero attached hydrogens (tertiary/aromatic N) is 1. The molecule has 2 aromatic carbocycles. The van der Waals surface area contributed by atoms with Gasteiger partial charge in [-0.05, 0) is 48.9 Å². The van der Waals surface area contributed by atoms with Gasteiger partial charge in [-0.2, -0.15) is 18.4 Å². The molecule has 0 heterocycles. The fourth-order valence-electron chi connectivity index (χ4n) is 1.55. The molecule has 0 saturated carbocycles. The van der Waals surface area contributed by atoms with E-state index in [-0.39, 0.29) is 10.7 Å². The molecule has 0 fully saturated rings. The van der Waals surface area contributed by atoms with Crippen molar-refractivity contribution in [1.82, 2.24) is 4.83 Å². The van der Waals surface area contributed by atoms with Crippen LogP contribution in [0.1, 0.15) is 12.5 Å². The molecule has 0 aliphatic rings. The third kappa shape index (κ3) is 4.03. The van der Waals surface area contributed by atoms with Crippen LogP contribution in [-0.2, 0) is 10.0 Å².